The van der Waals surface area contributed by atoms with Crippen LogP contribution in [0.25, 0.3) is 0 Å². The van der Waals surface area contributed by atoms with Crippen molar-refractivity contribution in [3.05, 3.63) is 0 Å². The molecule has 0 aromatic carbocycles. The summed E-state index contributed by atoms with van der Waals surface area (Å²) >= 11 is 0. The molecule has 10 nitrogen and oxygen atoms in total. The Morgan fingerprint density at radius 3 is 1.18 bits per heavy atom. The molecule has 22 heavy (non-hydrogen) atoms. The average molecular weight is 328 g/mol. The van der Waals surface area contributed by atoms with Crippen LogP contribution in [0.2, 0.25) is 0 Å². The van der Waals surface area contributed by atoms with E-state index >= 15 is 0 Å². The number of carbonyl (C=O) groups is 2. The van der Waals surface area contributed by atoms with Crippen molar-refractivity contribution in [2.75, 3.05) is 27.4 Å². The van der Waals surface area contributed by atoms with Gasteiger partial charge in [0.1, 0.15) is 36.6 Å². The number of methoxy groups -OCH3 is 2. The first kappa shape index (κ1) is 23.3. The second-order valence-electron chi connectivity index (χ2n) is 4.15. The third-order valence-electron chi connectivity index (χ3n) is 2.65. The largest absolute Gasteiger partial charge is 0.394 e. The van der Waals surface area contributed by atoms with Crippen LogP contribution in [0.15, 0.2) is 0 Å². The third-order valence-corrected chi connectivity index (χ3v) is 2.65. The molecule has 0 saturated carbocycles. The first-order valence-corrected chi connectivity index (χ1v) is 6.24. The second kappa shape index (κ2) is 13.7. The Morgan fingerprint density at radius 1 is 0.773 bits per heavy atom. The highest BCUT2D eigenvalue weighted by molar-refractivity contribution is 5.57. The molecule has 6 N–H and O–H groups in total. The fraction of sp³-hybridized carbons (Fsp3) is 0.833. The van der Waals surface area contributed by atoms with Crippen LogP contribution in [-0.4, -0.2) is 107 Å². The van der Waals surface area contributed by atoms with Crippen LogP contribution in [0.3, 0.4) is 0 Å². The number of hydrogen-bond donors (Lipinski definition) is 6. The van der Waals surface area contributed by atoms with E-state index in [0.717, 1.165) is 0 Å². The molecule has 0 aliphatic heterocycles. The number of aliphatic hydroxyl groups excluding tert-OH is 6. The Hall–Kier alpha value is -0.980. The molecule has 0 fully saturated rings. The molecule has 0 radical (unpaired) electrons. The lowest BCUT2D eigenvalue weighted by atomic mass is 10.1. The summed E-state index contributed by atoms with van der Waals surface area (Å²) in [7, 11) is 2.46. The minimum absolute atomic E-state index is 0.365. The Balaban J connectivity index is 0. The van der Waals surface area contributed by atoms with Gasteiger partial charge in [-0.2, -0.15) is 0 Å². The van der Waals surface area contributed by atoms with Crippen molar-refractivity contribution in [1.82, 2.24) is 0 Å². The van der Waals surface area contributed by atoms with Gasteiger partial charge in [0, 0.05) is 14.2 Å². The van der Waals surface area contributed by atoms with Crippen LogP contribution in [0.4, 0.5) is 0 Å². The molecule has 0 rings (SSSR count). The van der Waals surface area contributed by atoms with Crippen molar-refractivity contribution in [3.63, 3.8) is 0 Å². The van der Waals surface area contributed by atoms with Crippen molar-refractivity contribution in [3.8, 4) is 0 Å². The maximum absolute atomic E-state index is 10.1. The van der Waals surface area contributed by atoms with Crippen LogP contribution in [0.5, 0.6) is 0 Å². The zero-order valence-electron chi connectivity index (χ0n) is 12.3. The normalized spacial score (nSPS) is 18.9. The van der Waals surface area contributed by atoms with Crippen molar-refractivity contribution in [1.29, 1.82) is 0 Å². The molecule has 10 heteroatoms. The average Bonchev–Trinajstić information content (AvgIpc) is 2.55. The standard InChI is InChI=1S/2C6H12O5/c2*1-11-5(3-8)6(10)4(9)2-7/h2*3-7,9-10H,2H2,1H3/t2*4-,5+,6+/m11/s1. The summed E-state index contributed by atoms with van der Waals surface area (Å²) in [6.07, 6.45) is -6.87. The van der Waals surface area contributed by atoms with E-state index in [1.165, 1.54) is 14.2 Å². The van der Waals surface area contributed by atoms with E-state index in [1.807, 2.05) is 0 Å². The fourth-order valence-electron chi connectivity index (χ4n) is 1.20. The number of ether oxygens (including phenoxy) is 2. The minimum Gasteiger partial charge on any atom is -0.394 e. The smallest absolute Gasteiger partial charge is 0.151 e. The highest BCUT2D eigenvalue weighted by Crippen LogP contribution is 2.01. The summed E-state index contributed by atoms with van der Waals surface area (Å²) in [5.74, 6) is 0. The molecule has 0 aromatic heterocycles. The maximum atomic E-state index is 10.1. The van der Waals surface area contributed by atoms with E-state index in [4.69, 9.17) is 30.6 Å². The molecule has 0 spiro atoms. The topological polar surface area (TPSA) is 174 Å². The highest BCUT2D eigenvalue weighted by atomic mass is 16.5. The Bertz CT molecular complexity index is 259. The number of aliphatic hydroxyl groups is 6. The van der Waals surface area contributed by atoms with Crippen molar-refractivity contribution < 1.29 is 49.7 Å². The van der Waals surface area contributed by atoms with Gasteiger partial charge >= 0.3 is 0 Å². The van der Waals surface area contributed by atoms with Crippen LogP contribution >= 0.6 is 0 Å². The van der Waals surface area contributed by atoms with E-state index in [2.05, 4.69) is 9.47 Å². The van der Waals surface area contributed by atoms with Crippen molar-refractivity contribution in [2.45, 2.75) is 36.6 Å². The van der Waals surface area contributed by atoms with Crippen molar-refractivity contribution >= 4 is 12.6 Å². The lowest BCUT2D eigenvalue weighted by Crippen LogP contribution is -2.41. The van der Waals surface area contributed by atoms with Crippen LogP contribution < -0.4 is 0 Å². The maximum Gasteiger partial charge on any atom is 0.151 e. The Morgan fingerprint density at radius 2 is 1.05 bits per heavy atom. The number of hydrogen-bond acceptors (Lipinski definition) is 10. The molecule has 0 aromatic rings. The lowest BCUT2D eigenvalue weighted by molar-refractivity contribution is -0.132. The molecule has 0 aliphatic carbocycles. The van der Waals surface area contributed by atoms with E-state index in [0.29, 0.717) is 12.6 Å². The molecular weight excluding hydrogens is 304 g/mol. The molecule has 0 unspecified atom stereocenters. The lowest BCUT2D eigenvalue weighted by Gasteiger charge is -2.19. The zero-order chi connectivity index (χ0) is 17.7. The fourth-order valence-corrected chi connectivity index (χ4v) is 1.20. The van der Waals surface area contributed by atoms with E-state index in [-0.39, 0.29) is 0 Å². The molecule has 0 bridgehead atoms. The molecule has 0 aliphatic rings. The first-order chi connectivity index (χ1) is 10.3. The number of aldehydes is 2. The van der Waals surface area contributed by atoms with Gasteiger partial charge in [-0.05, 0) is 0 Å². The summed E-state index contributed by atoms with van der Waals surface area (Å²) in [6.45, 7) is -1.20. The summed E-state index contributed by atoms with van der Waals surface area (Å²) in [5.41, 5.74) is 0. The first-order valence-electron chi connectivity index (χ1n) is 6.24. The van der Waals surface area contributed by atoms with Crippen LogP contribution in [-0.2, 0) is 19.1 Å². The van der Waals surface area contributed by atoms with Gasteiger partial charge < -0.3 is 49.7 Å². The number of carbonyl (C=O) groups excluding carboxylic acids is 2. The van der Waals surface area contributed by atoms with E-state index in [1.54, 1.807) is 0 Å². The minimum atomic E-state index is -1.37. The van der Waals surface area contributed by atoms with Gasteiger partial charge in [-0.15, -0.1) is 0 Å². The molecule has 132 valence electrons. The summed E-state index contributed by atoms with van der Waals surface area (Å²) in [5, 5.41) is 52.4. The molecule has 0 saturated heterocycles. The van der Waals surface area contributed by atoms with Gasteiger partial charge in [-0.1, -0.05) is 0 Å². The van der Waals surface area contributed by atoms with Crippen LogP contribution in [0, 0.1) is 0 Å². The summed E-state index contributed by atoms with van der Waals surface area (Å²) in [6, 6.07) is 0. The zero-order valence-corrected chi connectivity index (χ0v) is 12.3. The monoisotopic (exact) mass is 328 g/mol. The summed E-state index contributed by atoms with van der Waals surface area (Å²) < 4.78 is 8.99. The van der Waals surface area contributed by atoms with Gasteiger partial charge in [-0.25, -0.2) is 0 Å². The van der Waals surface area contributed by atoms with Gasteiger partial charge in [0.15, 0.2) is 12.6 Å². The van der Waals surface area contributed by atoms with Gasteiger partial charge in [-0.3, -0.25) is 0 Å². The second-order valence-corrected chi connectivity index (χ2v) is 4.15. The third kappa shape index (κ3) is 8.46. The van der Waals surface area contributed by atoms with Crippen LogP contribution in [0.1, 0.15) is 0 Å². The van der Waals surface area contributed by atoms with E-state index < -0.39 is 49.8 Å². The summed E-state index contributed by atoms with van der Waals surface area (Å²) in [4.78, 5) is 20.2. The van der Waals surface area contributed by atoms with Gasteiger partial charge in [0.25, 0.3) is 0 Å². The molecule has 0 heterocycles. The van der Waals surface area contributed by atoms with Gasteiger partial charge in [0.05, 0.1) is 13.2 Å². The Kier molecular flexibility index (Phi) is 14.5. The molecule has 0 amide bonds. The quantitative estimate of drug-likeness (QED) is 0.216. The predicted molar refractivity (Wildman–Crippen MR) is 71.9 cm³/mol. The highest BCUT2D eigenvalue weighted by Gasteiger charge is 2.25. The van der Waals surface area contributed by atoms with Crippen molar-refractivity contribution in [2.24, 2.45) is 0 Å². The van der Waals surface area contributed by atoms with E-state index in [9.17, 15) is 9.59 Å². The number of rotatable bonds is 10. The Labute approximate surface area is 127 Å². The molecule has 6 atom stereocenters. The van der Waals surface area contributed by atoms with Gasteiger partial charge in [0.2, 0.25) is 0 Å². The molecular formula is C12H24O10. The SMILES string of the molecule is CO[C@@H](C=O)[C@@H](O)[C@H](O)CO.CO[C@@H](C=O)[C@@H](O)[C@H](O)CO. The predicted octanol–water partition coefficient (Wildman–Crippen LogP) is -4.17.